The fourth-order valence-corrected chi connectivity index (χ4v) is 4.11. The van der Waals surface area contributed by atoms with Gasteiger partial charge >= 0.3 is 0 Å². The molecule has 144 valence electrons. The number of hydrogen-bond acceptors (Lipinski definition) is 4. The minimum atomic E-state index is 0.0762. The van der Waals surface area contributed by atoms with Gasteiger partial charge in [0.15, 0.2) is 0 Å². The third kappa shape index (κ3) is 4.07. The summed E-state index contributed by atoms with van der Waals surface area (Å²) in [6, 6.07) is 23.4. The van der Waals surface area contributed by atoms with E-state index < -0.39 is 0 Å². The topological polar surface area (TPSA) is 46.9 Å². The molecule has 0 atom stereocenters. The first kappa shape index (κ1) is 19.0. The van der Waals surface area contributed by atoms with Gasteiger partial charge in [-0.2, -0.15) is 0 Å². The third-order valence-corrected chi connectivity index (χ3v) is 5.79. The molecule has 3 aromatic rings. The molecule has 0 bridgehead atoms. The average Bonchev–Trinajstić information content (AvgIpc) is 3.08. The molecule has 4 nitrogen and oxygen atoms in total. The van der Waals surface area contributed by atoms with Crippen molar-refractivity contribution in [2.24, 2.45) is 0 Å². The zero-order chi connectivity index (χ0) is 19.5. The SMILES string of the molecule is Oc1ccccc1CN1CCN(Cc2ccccc2O)C1c1ccc(Br)cc1. The molecule has 0 spiro atoms. The fraction of sp³-hybridized carbons (Fsp3) is 0.217. The zero-order valence-corrected chi connectivity index (χ0v) is 17.1. The molecule has 28 heavy (non-hydrogen) atoms. The minimum absolute atomic E-state index is 0.0762. The van der Waals surface area contributed by atoms with Crippen LogP contribution in [0.2, 0.25) is 0 Å². The van der Waals surface area contributed by atoms with Gasteiger partial charge in [0.25, 0.3) is 0 Å². The lowest BCUT2D eigenvalue weighted by atomic mass is 10.1. The van der Waals surface area contributed by atoms with Crippen LogP contribution < -0.4 is 0 Å². The third-order valence-electron chi connectivity index (χ3n) is 5.26. The lowest BCUT2D eigenvalue weighted by molar-refractivity contribution is 0.124. The maximum Gasteiger partial charge on any atom is 0.120 e. The normalized spacial score (nSPS) is 15.9. The van der Waals surface area contributed by atoms with E-state index in [0.29, 0.717) is 24.6 Å². The van der Waals surface area contributed by atoms with Crippen LogP contribution in [0.25, 0.3) is 0 Å². The number of phenolic OH excluding ortho intramolecular Hbond substituents is 2. The molecule has 5 heteroatoms. The second kappa shape index (κ2) is 8.35. The number of para-hydroxylation sites is 2. The van der Waals surface area contributed by atoms with Gasteiger partial charge in [-0.15, -0.1) is 0 Å². The van der Waals surface area contributed by atoms with E-state index in [4.69, 9.17) is 0 Å². The first-order valence-electron chi connectivity index (χ1n) is 9.39. The summed E-state index contributed by atoms with van der Waals surface area (Å²) in [6.45, 7) is 3.13. The molecule has 3 aromatic carbocycles. The van der Waals surface area contributed by atoms with Gasteiger partial charge < -0.3 is 10.2 Å². The Labute approximate surface area is 173 Å². The van der Waals surface area contributed by atoms with Gasteiger partial charge in [0.05, 0.1) is 6.17 Å². The first-order valence-corrected chi connectivity index (χ1v) is 10.2. The Kier molecular flexibility index (Phi) is 5.67. The molecular formula is C23H23BrN2O2. The summed E-state index contributed by atoms with van der Waals surface area (Å²) < 4.78 is 1.05. The van der Waals surface area contributed by atoms with Gasteiger partial charge in [-0.1, -0.05) is 64.5 Å². The molecule has 0 radical (unpaired) electrons. The highest BCUT2D eigenvalue weighted by molar-refractivity contribution is 9.10. The Bertz CT molecular complexity index is 890. The van der Waals surface area contributed by atoms with Gasteiger partial charge in [-0.05, 0) is 29.8 Å². The number of hydrogen-bond donors (Lipinski definition) is 2. The smallest absolute Gasteiger partial charge is 0.120 e. The number of nitrogens with zero attached hydrogens (tertiary/aromatic N) is 2. The van der Waals surface area contributed by atoms with E-state index in [1.807, 2.05) is 36.4 Å². The Morgan fingerprint density at radius 3 is 1.64 bits per heavy atom. The van der Waals surface area contributed by atoms with Crippen LogP contribution in [0, 0.1) is 0 Å². The van der Waals surface area contributed by atoms with Crippen molar-refractivity contribution >= 4 is 15.9 Å². The summed E-state index contributed by atoms with van der Waals surface area (Å²) in [5.74, 6) is 0.660. The highest BCUT2D eigenvalue weighted by Crippen LogP contribution is 2.35. The summed E-state index contributed by atoms with van der Waals surface area (Å²) in [5.41, 5.74) is 3.05. The molecule has 1 aliphatic heterocycles. The predicted octanol–water partition coefficient (Wildman–Crippen LogP) is 4.88. The number of halogens is 1. The molecule has 2 N–H and O–H groups in total. The van der Waals surface area contributed by atoms with Crippen LogP contribution >= 0.6 is 15.9 Å². The highest BCUT2D eigenvalue weighted by Gasteiger charge is 2.33. The Morgan fingerprint density at radius 2 is 1.18 bits per heavy atom. The van der Waals surface area contributed by atoms with E-state index in [-0.39, 0.29) is 6.17 Å². The minimum Gasteiger partial charge on any atom is -0.508 e. The van der Waals surface area contributed by atoms with Crippen molar-refractivity contribution in [2.45, 2.75) is 19.3 Å². The van der Waals surface area contributed by atoms with E-state index in [1.54, 1.807) is 12.1 Å². The predicted molar refractivity (Wildman–Crippen MR) is 114 cm³/mol. The van der Waals surface area contributed by atoms with Crippen LogP contribution in [0.3, 0.4) is 0 Å². The van der Waals surface area contributed by atoms with Crippen LogP contribution in [-0.4, -0.2) is 33.1 Å². The largest absolute Gasteiger partial charge is 0.508 e. The maximum absolute atomic E-state index is 10.2. The molecule has 1 saturated heterocycles. The van der Waals surface area contributed by atoms with Crippen molar-refractivity contribution in [3.63, 3.8) is 0 Å². The Hall–Kier alpha value is -2.34. The first-order chi connectivity index (χ1) is 13.6. The van der Waals surface area contributed by atoms with Gasteiger partial charge in [-0.3, -0.25) is 9.80 Å². The summed E-state index contributed by atoms with van der Waals surface area (Å²) in [4.78, 5) is 4.75. The van der Waals surface area contributed by atoms with Crippen LogP contribution in [0.4, 0.5) is 0 Å². The maximum atomic E-state index is 10.2. The lowest BCUT2D eigenvalue weighted by Crippen LogP contribution is -2.30. The standard InChI is InChI=1S/C23H23BrN2O2/c24-20-11-9-17(10-12-20)23-25(15-18-5-1-3-7-21(18)27)13-14-26(23)16-19-6-2-4-8-22(19)28/h1-12,23,27-28H,13-16H2. The van der Waals surface area contributed by atoms with E-state index in [1.165, 1.54) is 5.56 Å². The van der Waals surface area contributed by atoms with Gasteiger partial charge in [0.2, 0.25) is 0 Å². The number of phenols is 2. The second-order valence-corrected chi connectivity index (χ2v) is 8.04. The van der Waals surface area contributed by atoms with Crippen LogP contribution in [0.1, 0.15) is 22.9 Å². The molecule has 1 aliphatic rings. The summed E-state index contributed by atoms with van der Waals surface area (Å²) >= 11 is 3.52. The van der Waals surface area contributed by atoms with Crippen molar-refractivity contribution in [3.8, 4) is 11.5 Å². The number of rotatable bonds is 5. The summed E-state index contributed by atoms with van der Waals surface area (Å²) in [7, 11) is 0. The molecule has 0 aromatic heterocycles. The highest BCUT2D eigenvalue weighted by atomic mass is 79.9. The van der Waals surface area contributed by atoms with Crippen molar-refractivity contribution in [3.05, 3.63) is 94.0 Å². The van der Waals surface area contributed by atoms with Crippen LogP contribution in [-0.2, 0) is 13.1 Å². The van der Waals surface area contributed by atoms with Crippen molar-refractivity contribution in [1.29, 1.82) is 0 Å². The summed E-state index contributed by atoms with van der Waals surface area (Å²) in [6.07, 6.45) is 0.0762. The lowest BCUT2D eigenvalue weighted by Gasteiger charge is -2.31. The number of benzene rings is 3. The molecule has 0 unspecified atom stereocenters. The summed E-state index contributed by atoms with van der Waals surface area (Å²) in [5, 5.41) is 20.4. The molecule has 0 amide bonds. The molecular weight excluding hydrogens is 416 g/mol. The average molecular weight is 439 g/mol. The van der Waals surface area contributed by atoms with Crippen molar-refractivity contribution < 1.29 is 10.2 Å². The van der Waals surface area contributed by atoms with Crippen molar-refractivity contribution in [2.75, 3.05) is 13.1 Å². The fourth-order valence-electron chi connectivity index (χ4n) is 3.85. The monoisotopic (exact) mass is 438 g/mol. The van der Waals surface area contributed by atoms with Gasteiger partial charge in [0, 0.05) is 41.8 Å². The molecule has 1 heterocycles. The van der Waals surface area contributed by atoms with Gasteiger partial charge in [-0.25, -0.2) is 0 Å². The van der Waals surface area contributed by atoms with Crippen LogP contribution in [0.5, 0.6) is 11.5 Å². The van der Waals surface area contributed by atoms with Gasteiger partial charge in [0.1, 0.15) is 11.5 Å². The number of aromatic hydroxyl groups is 2. The van der Waals surface area contributed by atoms with E-state index in [0.717, 1.165) is 28.7 Å². The second-order valence-electron chi connectivity index (χ2n) is 7.12. The molecule has 4 rings (SSSR count). The van der Waals surface area contributed by atoms with E-state index >= 15 is 0 Å². The molecule has 0 saturated carbocycles. The van der Waals surface area contributed by atoms with Crippen LogP contribution in [0.15, 0.2) is 77.3 Å². The zero-order valence-electron chi connectivity index (χ0n) is 15.5. The van der Waals surface area contributed by atoms with E-state index in [2.05, 4.69) is 50.0 Å². The quantitative estimate of drug-likeness (QED) is 0.595. The Balaban J connectivity index is 1.63. The Morgan fingerprint density at radius 1 is 0.714 bits per heavy atom. The van der Waals surface area contributed by atoms with E-state index in [9.17, 15) is 10.2 Å². The molecule has 0 aliphatic carbocycles. The van der Waals surface area contributed by atoms with Crippen molar-refractivity contribution in [1.82, 2.24) is 9.80 Å². The molecule has 1 fully saturated rings.